The van der Waals surface area contributed by atoms with Gasteiger partial charge in [-0.05, 0) is 25.5 Å². The summed E-state index contributed by atoms with van der Waals surface area (Å²) in [7, 11) is 0. The molecule has 0 saturated carbocycles. The second kappa shape index (κ2) is 11.0. The highest BCUT2D eigenvalue weighted by Crippen LogP contribution is 2.32. The third kappa shape index (κ3) is 5.46. The van der Waals surface area contributed by atoms with Gasteiger partial charge in [-0.2, -0.15) is 0 Å². The lowest BCUT2D eigenvalue weighted by Gasteiger charge is -2.27. The second-order valence-corrected chi connectivity index (χ2v) is 7.02. The summed E-state index contributed by atoms with van der Waals surface area (Å²) in [5, 5.41) is 5.30. The van der Waals surface area contributed by atoms with Gasteiger partial charge < -0.3 is 19.5 Å². The highest BCUT2D eigenvalue weighted by atomic mass is 16.5. The van der Waals surface area contributed by atoms with Crippen LogP contribution < -0.4 is 10.6 Å². The Hall–Kier alpha value is -2.82. The van der Waals surface area contributed by atoms with Crippen LogP contribution in [0.1, 0.15) is 40.5 Å². The van der Waals surface area contributed by atoms with Crippen LogP contribution in [0, 0.1) is 0 Å². The minimum absolute atomic E-state index is 0.0849. The molecule has 4 amide bonds. The Morgan fingerprint density at radius 1 is 1.00 bits per heavy atom. The molecule has 0 aliphatic carbocycles. The van der Waals surface area contributed by atoms with Crippen LogP contribution in [0.5, 0.6) is 0 Å². The zero-order chi connectivity index (χ0) is 22.2. The number of fused-ring (bicyclic) bond motifs is 1. The van der Waals surface area contributed by atoms with Gasteiger partial charge in [0.2, 0.25) is 11.8 Å². The smallest absolute Gasteiger partial charge is 0.264 e. The van der Waals surface area contributed by atoms with E-state index in [4.69, 9.17) is 14.2 Å². The van der Waals surface area contributed by atoms with Gasteiger partial charge in [-0.3, -0.25) is 29.4 Å². The first-order valence-corrected chi connectivity index (χ1v) is 10.4. The fraction of sp³-hybridized carbons (Fsp3) is 0.524. The molecule has 2 aliphatic heterocycles. The largest absolute Gasteiger partial charge is 0.382 e. The van der Waals surface area contributed by atoms with E-state index in [0.29, 0.717) is 51.9 Å². The van der Waals surface area contributed by atoms with Gasteiger partial charge in [0.1, 0.15) is 6.04 Å². The summed E-state index contributed by atoms with van der Waals surface area (Å²) in [5.74, 6) is -2.10. The van der Waals surface area contributed by atoms with Gasteiger partial charge >= 0.3 is 0 Å². The normalized spacial score (nSPS) is 18.4. The Bertz CT molecular complexity index is 842. The van der Waals surface area contributed by atoms with Crippen LogP contribution in [0.25, 0.3) is 0 Å². The van der Waals surface area contributed by atoms with Crippen molar-refractivity contribution in [1.82, 2.24) is 10.2 Å². The lowest BCUT2D eigenvalue weighted by atomic mass is 10.0. The van der Waals surface area contributed by atoms with Crippen molar-refractivity contribution in [2.45, 2.75) is 25.8 Å². The first-order chi connectivity index (χ1) is 15.0. The Labute approximate surface area is 180 Å². The zero-order valence-electron chi connectivity index (χ0n) is 17.5. The van der Waals surface area contributed by atoms with E-state index in [9.17, 15) is 19.2 Å². The van der Waals surface area contributed by atoms with E-state index in [2.05, 4.69) is 10.6 Å². The van der Waals surface area contributed by atoms with Crippen LogP contribution in [-0.2, 0) is 23.8 Å². The average molecular weight is 433 g/mol. The molecule has 1 fully saturated rings. The molecule has 10 nitrogen and oxygen atoms in total. The molecule has 1 aromatic rings. The molecule has 0 spiro atoms. The van der Waals surface area contributed by atoms with E-state index >= 15 is 0 Å². The van der Waals surface area contributed by atoms with Crippen molar-refractivity contribution < 1.29 is 33.4 Å². The highest BCUT2D eigenvalue weighted by Gasteiger charge is 2.45. The van der Waals surface area contributed by atoms with E-state index < -0.39 is 29.7 Å². The number of imide groups is 2. The molecule has 10 heteroatoms. The molecule has 0 radical (unpaired) electrons. The fourth-order valence-corrected chi connectivity index (χ4v) is 3.50. The summed E-state index contributed by atoms with van der Waals surface area (Å²) in [5.41, 5.74) is 0.974. The molecular formula is C21H27N3O7. The number of nitrogens with zero attached hydrogens (tertiary/aromatic N) is 1. The van der Waals surface area contributed by atoms with E-state index in [1.54, 1.807) is 18.2 Å². The minimum atomic E-state index is -0.982. The molecule has 0 aromatic heterocycles. The molecule has 2 N–H and O–H groups in total. The molecule has 0 bridgehead atoms. The van der Waals surface area contributed by atoms with Crippen molar-refractivity contribution in [2.24, 2.45) is 0 Å². The molecule has 3 rings (SSSR count). The van der Waals surface area contributed by atoms with Crippen LogP contribution in [0.15, 0.2) is 18.2 Å². The Balaban J connectivity index is 1.51. The third-order valence-electron chi connectivity index (χ3n) is 4.98. The van der Waals surface area contributed by atoms with Gasteiger partial charge in [0, 0.05) is 25.3 Å². The summed E-state index contributed by atoms with van der Waals surface area (Å²) in [6, 6.07) is 3.95. The molecule has 2 heterocycles. The van der Waals surface area contributed by atoms with Crippen molar-refractivity contribution in [3.05, 3.63) is 29.3 Å². The van der Waals surface area contributed by atoms with Crippen molar-refractivity contribution in [3.8, 4) is 0 Å². The third-order valence-corrected chi connectivity index (χ3v) is 4.98. The first kappa shape index (κ1) is 22.9. The van der Waals surface area contributed by atoms with Gasteiger partial charge in [0.15, 0.2) is 0 Å². The number of carbonyl (C=O) groups excluding carboxylic acids is 4. The number of amides is 4. The van der Waals surface area contributed by atoms with Crippen molar-refractivity contribution in [3.63, 3.8) is 0 Å². The van der Waals surface area contributed by atoms with Crippen LogP contribution in [0.4, 0.5) is 5.69 Å². The maximum atomic E-state index is 13.0. The molecule has 1 saturated heterocycles. The number of hydrogen-bond donors (Lipinski definition) is 2. The van der Waals surface area contributed by atoms with Gasteiger partial charge in [-0.1, -0.05) is 6.07 Å². The standard InChI is InChI=1S/C21H27N3O7/c1-2-29-10-11-31-13-12-30-9-8-22-15-5-3-4-14-18(15)21(28)24(20(14)27)16-6-7-17(25)23-19(16)26/h3-5,16,22H,2,6-13H2,1H3,(H,23,25,26). The molecule has 31 heavy (non-hydrogen) atoms. The predicted molar refractivity (Wildman–Crippen MR) is 110 cm³/mol. The predicted octanol–water partition coefficient (Wildman–Crippen LogP) is 0.569. The van der Waals surface area contributed by atoms with E-state index in [0.717, 1.165) is 4.90 Å². The molecular weight excluding hydrogens is 406 g/mol. The first-order valence-electron chi connectivity index (χ1n) is 10.4. The molecule has 1 aromatic carbocycles. The van der Waals surface area contributed by atoms with E-state index in [1.165, 1.54) is 0 Å². The number of nitrogens with one attached hydrogen (secondary N) is 2. The molecule has 1 unspecified atom stereocenters. The number of benzene rings is 1. The van der Waals surface area contributed by atoms with E-state index in [-0.39, 0.29) is 24.0 Å². The quantitative estimate of drug-likeness (QED) is 0.362. The second-order valence-electron chi connectivity index (χ2n) is 7.02. The summed E-state index contributed by atoms with van der Waals surface area (Å²) in [6.45, 7) is 5.36. The SMILES string of the molecule is CCOCCOCCOCCNc1cccc2c1C(=O)N(C1CCC(=O)NC1=O)C2=O. The number of rotatable bonds is 12. The Kier molecular flexibility index (Phi) is 8.10. The molecule has 1 atom stereocenters. The maximum absolute atomic E-state index is 13.0. The zero-order valence-corrected chi connectivity index (χ0v) is 17.5. The lowest BCUT2D eigenvalue weighted by Crippen LogP contribution is -2.54. The monoisotopic (exact) mass is 433 g/mol. The Morgan fingerprint density at radius 2 is 1.71 bits per heavy atom. The van der Waals surface area contributed by atoms with Crippen molar-refractivity contribution in [2.75, 3.05) is 51.5 Å². The van der Waals surface area contributed by atoms with Crippen LogP contribution >= 0.6 is 0 Å². The van der Waals surface area contributed by atoms with E-state index in [1.807, 2.05) is 6.92 Å². The topological polar surface area (TPSA) is 123 Å². The number of ether oxygens (including phenoxy) is 3. The number of hydrogen-bond acceptors (Lipinski definition) is 8. The van der Waals surface area contributed by atoms with Crippen LogP contribution in [-0.4, -0.2) is 80.8 Å². The molecule has 168 valence electrons. The lowest BCUT2D eigenvalue weighted by molar-refractivity contribution is -0.136. The summed E-state index contributed by atoms with van der Waals surface area (Å²) in [4.78, 5) is 50.3. The van der Waals surface area contributed by atoms with Gasteiger partial charge in [-0.25, -0.2) is 0 Å². The molecule has 2 aliphatic rings. The number of carbonyl (C=O) groups is 4. The van der Waals surface area contributed by atoms with Crippen molar-refractivity contribution >= 4 is 29.3 Å². The Morgan fingerprint density at radius 3 is 2.42 bits per heavy atom. The van der Waals surface area contributed by atoms with Crippen LogP contribution in [0.2, 0.25) is 0 Å². The van der Waals surface area contributed by atoms with Gasteiger partial charge in [-0.15, -0.1) is 0 Å². The fourth-order valence-electron chi connectivity index (χ4n) is 3.50. The maximum Gasteiger partial charge on any atom is 0.264 e. The van der Waals surface area contributed by atoms with Gasteiger partial charge in [0.25, 0.3) is 11.8 Å². The number of piperidine rings is 1. The summed E-state index contributed by atoms with van der Waals surface area (Å²) in [6.07, 6.45) is 0.209. The van der Waals surface area contributed by atoms with Crippen molar-refractivity contribution in [1.29, 1.82) is 0 Å². The van der Waals surface area contributed by atoms with Gasteiger partial charge in [0.05, 0.1) is 44.2 Å². The average Bonchev–Trinajstić information content (AvgIpc) is 3.01. The van der Waals surface area contributed by atoms with Crippen LogP contribution in [0.3, 0.4) is 0 Å². The number of anilines is 1. The minimum Gasteiger partial charge on any atom is -0.382 e. The summed E-state index contributed by atoms with van der Waals surface area (Å²) < 4.78 is 16.0. The highest BCUT2D eigenvalue weighted by molar-refractivity contribution is 6.25. The summed E-state index contributed by atoms with van der Waals surface area (Å²) >= 11 is 0.